The molecule has 0 aliphatic heterocycles. The number of hydrogen-bond donors (Lipinski definition) is 1. The minimum Gasteiger partial charge on any atom is -0.383 e. The minimum absolute atomic E-state index is 0.488. The fourth-order valence-corrected chi connectivity index (χ4v) is 10.0. The smallest absolute Gasteiger partial charge is 0.131 e. The predicted molar refractivity (Wildman–Crippen MR) is 263 cm³/mol. The average Bonchev–Trinajstić information content (AvgIpc) is 3.71. The van der Waals surface area contributed by atoms with Crippen LogP contribution in [-0.2, 0) is 6.42 Å². The summed E-state index contributed by atoms with van der Waals surface area (Å²) in [6.45, 7) is 0. The zero-order valence-corrected chi connectivity index (χ0v) is 34.2. The van der Waals surface area contributed by atoms with Gasteiger partial charge in [0.15, 0.2) is 0 Å². The molecule has 0 spiro atoms. The van der Waals surface area contributed by atoms with Crippen LogP contribution in [0.4, 0.5) is 0 Å². The molecule has 0 saturated carbocycles. The lowest BCUT2D eigenvalue weighted by Crippen LogP contribution is -2.13. The number of benzene rings is 10. The lowest BCUT2D eigenvalue weighted by Gasteiger charge is -2.19. The highest BCUT2D eigenvalue weighted by molar-refractivity contribution is 7.25. The molecule has 2 N–H and O–H groups in total. The lowest BCUT2D eigenvalue weighted by molar-refractivity contribution is 1.26. The maximum Gasteiger partial charge on any atom is 0.131 e. The van der Waals surface area contributed by atoms with Crippen molar-refractivity contribution in [3.05, 3.63) is 235 Å². The normalized spacial score (nSPS) is 12.3. The number of fused-ring (bicyclic) bond motifs is 7. The summed E-state index contributed by atoms with van der Waals surface area (Å²) in [5.74, 6) is 0.488. The van der Waals surface area contributed by atoms with E-state index < -0.39 is 0 Å². The Labute approximate surface area is 359 Å². The van der Waals surface area contributed by atoms with E-state index in [-0.39, 0.29) is 0 Å². The van der Waals surface area contributed by atoms with E-state index in [0.717, 1.165) is 22.4 Å². The van der Waals surface area contributed by atoms with Gasteiger partial charge in [0.1, 0.15) is 5.84 Å². The second-order valence-electron chi connectivity index (χ2n) is 15.6. The van der Waals surface area contributed by atoms with E-state index in [0.29, 0.717) is 12.3 Å². The van der Waals surface area contributed by atoms with Crippen molar-refractivity contribution in [2.24, 2.45) is 10.7 Å². The molecule has 0 radical (unpaired) electrons. The Bertz CT molecular complexity index is 3470. The van der Waals surface area contributed by atoms with Gasteiger partial charge in [-0.25, -0.2) is 4.99 Å². The van der Waals surface area contributed by atoms with Crippen LogP contribution in [0, 0.1) is 0 Å². The first kappa shape index (κ1) is 36.5. The van der Waals surface area contributed by atoms with Crippen LogP contribution < -0.4 is 5.73 Å². The fourth-order valence-electron chi connectivity index (χ4n) is 8.96. The van der Waals surface area contributed by atoms with Gasteiger partial charge in [-0.2, -0.15) is 0 Å². The molecule has 0 amide bonds. The monoisotopic (exact) mass is 796 g/mol. The molecule has 11 rings (SSSR count). The summed E-state index contributed by atoms with van der Waals surface area (Å²) in [5.41, 5.74) is 18.0. The van der Waals surface area contributed by atoms with Crippen molar-refractivity contribution in [1.29, 1.82) is 0 Å². The zero-order valence-electron chi connectivity index (χ0n) is 33.4. The summed E-state index contributed by atoms with van der Waals surface area (Å²) in [5, 5.41) is 10.1. The number of hydrogen-bond acceptors (Lipinski definition) is 2. The number of rotatable bonds is 8. The first-order chi connectivity index (χ1) is 30.2. The number of nitrogens with two attached hydrogens (primary N) is 1. The van der Waals surface area contributed by atoms with Gasteiger partial charge in [-0.1, -0.05) is 200 Å². The van der Waals surface area contributed by atoms with E-state index in [9.17, 15) is 0 Å². The molecule has 0 atom stereocenters. The van der Waals surface area contributed by atoms with Crippen molar-refractivity contribution in [3.8, 4) is 33.4 Å². The van der Waals surface area contributed by atoms with Gasteiger partial charge in [0.05, 0.1) is 5.70 Å². The second kappa shape index (κ2) is 15.5. The van der Waals surface area contributed by atoms with Gasteiger partial charge >= 0.3 is 0 Å². The van der Waals surface area contributed by atoms with Crippen LogP contribution >= 0.6 is 11.3 Å². The summed E-state index contributed by atoms with van der Waals surface area (Å²) in [6, 6.07) is 76.3. The van der Waals surface area contributed by atoms with Crippen LogP contribution in [0.3, 0.4) is 0 Å². The van der Waals surface area contributed by atoms with Gasteiger partial charge in [-0.05, 0) is 101 Å². The SMILES string of the molecule is NC(=N/C(=C\Cc1ccc(-c2ccc3sc4ccccc4c3c2)cc1)c1ccc(-c2c3ccccc3c(-c3ccccc3)c3ccc4ccccc4c23)cc1)c1ccccc1. The number of thiophene rings is 1. The average molecular weight is 797 g/mol. The summed E-state index contributed by atoms with van der Waals surface area (Å²) >= 11 is 1.85. The number of aliphatic imine (C=N–C) groups is 1. The van der Waals surface area contributed by atoms with Gasteiger partial charge in [-0.3, -0.25) is 0 Å². The third-order valence-electron chi connectivity index (χ3n) is 12.0. The first-order valence-corrected chi connectivity index (χ1v) is 21.6. The molecule has 0 fully saturated rings. The lowest BCUT2D eigenvalue weighted by atomic mass is 9.84. The minimum atomic E-state index is 0.488. The van der Waals surface area contributed by atoms with Gasteiger partial charge in [0.2, 0.25) is 0 Å². The molecule has 0 bridgehead atoms. The highest BCUT2D eigenvalue weighted by Gasteiger charge is 2.19. The molecule has 2 nitrogen and oxygen atoms in total. The molecular formula is C58H40N2S. The summed E-state index contributed by atoms with van der Waals surface area (Å²) in [4.78, 5) is 5.09. The molecule has 3 heteroatoms. The molecular weight excluding hydrogens is 757 g/mol. The highest BCUT2D eigenvalue weighted by atomic mass is 32.1. The maximum atomic E-state index is 6.72. The Balaban J connectivity index is 0.993. The Morgan fingerprint density at radius 2 is 1.02 bits per heavy atom. The van der Waals surface area contributed by atoms with Crippen LogP contribution in [0.15, 0.2) is 223 Å². The van der Waals surface area contributed by atoms with E-state index in [4.69, 9.17) is 10.7 Å². The van der Waals surface area contributed by atoms with E-state index in [1.165, 1.54) is 85.9 Å². The van der Waals surface area contributed by atoms with Gasteiger partial charge in [-0.15, -0.1) is 11.3 Å². The molecule has 0 aliphatic carbocycles. The Hall–Kier alpha value is -7.59. The molecule has 10 aromatic carbocycles. The van der Waals surface area contributed by atoms with E-state index in [1.54, 1.807) is 0 Å². The standard InChI is InChI=1S/C58H40N2S/c59-58(44-16-5-2-6-17-44)60-52(35-25-38-23-26-39(27-24-38)45-33-36-54-51(37-45)47-19-11-12-22-53(47)61-54)41-28-30-43(31-29-41)56-49-21-10-9-20-48(49)55(42-14-3-1-4-15-42)50-34-32-40-13-7-8-18-46(40)57(50)56/h1-24,26-37H,25H2,(H2,59,60)/b52-35-. The Kier molecular flexibility index (Phi) is 9.30. The first-order valence-electron chi connectivity index (χ1n) is 20.8. The predicted octanol–water partition coefficient (Wildman–Crippen LogP) is 15.5. The van der Waals surface area contributed by atoms with Crippen LogP contribution in [0.2, 0.25) is 0 Å². The molecule has 61 heavy (non-hydrogen) atoms. The second-order valence-corrected chi connectivity index (χ2v) is 16.7. The van der Waals surface area contributed by atoms with Crippen molar-refractivity contribution in [2.75, 3.05) is 0 Å². The van der Waals surface area contributed by atoms with Crippen molar-refractivity contribution in [1.82, 2.24) is 0 Å². The third-order valence-corrected chi connectivity index (χ3v) is 13.1. The Morgan fingerprint density at radius 3 is 1.79 bits per heavy atom. The molecule has 1 heterocycles. The summed E-state index contributed by atoms with van der Waals surface area (Å²) < 4.78 is 2.64. The van der Waals surface area contributed by atoms with Crippen molar-refractivity contribution in [3.63, 3.8) is 0 Å². The van der Waals surface area contributed by atoms with Crippen molar-refractivity contribution in [2.45, 2.75) is 6.42 Å². The van der Waals surface area contributed by atoms with Crippen LogP contribution in [0.25, 0.3) is 91.6 Å². The highest BCUT2D eigenvalue weighted by Crippen LogP contribution is 2.46. The van der Waals surface area contributed by atoms with E-state index in [1.807, 2.05) is 41.7 Å². The van der Waals surface area contributed by atoms with Crippen LogP contribution in [0.5, 0.6) is 0 Å². The van der Waals surface area contributed by atoms with E-state index in [2.05, 4.69) is 188 Å². The maximum absolute atomic E-state index is 6.72. The molecule has 0 aliphatic rings. The summed E-state index contributed by atoms with van der Waals surface area (Å²) in [6.07, 6.45) is 2.91. The quantitative estimate of drug-likeness (QED) is 0.0707. The Morgan fingerprint density at radius 1 is 0.426 bits per heavy atom. The topological polar surface area (TPSA) is 38.4 Å². The van der Waals surface area contributed by atoms with Crippen LogP contribution in [0.1, 0.15) is 16.7 Å². The summed E-state index contributed by atoms with van der Waals surface area (Å²) in [7, 11) is 0. The largest absolute Gasteiger partial charge is 0.383 e. The van der Waals surface area contributed by atoms with Crippen molar-refractivity contribution < 1.29 is 0 Å². The van der Waals surface area contributed by atoms with Crippen molar-refractivity contribution >= 4 is 75.4 Å². The van der Waals surface area contributed by atoms with E-state index >= 15 is 0 Å². The molecule has 1 aromatic heterocycles. The third kappa shape index (κ3) is 6.76. The molecule has 0 unspecified atom stereocenters. The molecule has 11 aromatic rings. The van der Waals surface area contributed by atoms with Gasteiger partial charge in [0.25, 0.3) is 0 Å². The number of amidine groups is 1. The fraction of sp³-hybridized carbons (Fsp3) is 0.0172. The molecule has 0 saturated heterocycles. The number of nitrogens with zero attached hydrogens (tertiary/aromatic N) is 1. The number of allylic oxidation sites excluding steroid dienone is 1. The van der Waals surface area contributed by atoms with Gasteiger partial charge in [0, 0.05) is 25.7 Å². The van der Waals surface area contributed by atoms with Crippen LogP contribution in [-0.4, -0.2) is 5.84 Å². The molecule has 288 valence electrons. The zero-order chi connectivity index (χ0) is 40.7. The van der Waals surface area contributed by atoms with Gasteiger partial charge < -0.3 is 5.73 Å².